The number of pyridine rings is 2. The highest BCUT2D eigenvalue weighted by molar-refractivity contribution is 6.09. The van der Waals surface area contributed by atoms with Gasteiger partial charge >= 0.3 is 0 Å². The molecule has 0 unspecified atom stereocenters. The molecule has 104 valence electrons. The van der Waals surface area contributed by atoms with Crippen molar-refractivity contribution in [3.05, 3.63) is 75.2 Å². The predicted molar refractivity (Wildman–Crippen MR) is 81.7 cm³/mol. The van der Waals surface area contributed by atoms with Crippen LogP contribution in [0.1, 0.15) is 27.2 Å². The Kier molecular flexibility index (Phi) is 3.14. The van der Waals surface area contributed by atoms with Gasteiger partial charge in [0.2, 0.25) is 5.43 Å². The van der Waals surface area contributed by atoms with E-state index < -0.39 is 0 Å². The van der Waals surface area contributed by atoms with Crippen LogP contribution in [-0.2, 0) is 0 Å². The minimum Gasteiger partial charge on any atom is -0.345 e. The number of benzene rings is 1. The molecule has 0 saturated carbocycles. The molecule has 0 aliphatic heterocycles. The molecule has 0 fully saturated rings. The summed E-state index contributed by atoms with van der Waals surface area (Å²) in [6, 6.07) is 10.6. The molecule has 0 amide bonds. The average Bonchev–Trinajstić information content (AvgIpc) is 2.47. The molecule has 0 spiro atoms. The summed E-state index contributed by atoms with van der Waals surface area (Å²) in [5, 5.41) is 0.429. The van der Waals surface area contributed by atoms with Crippen molar-refractivity contribution < 1.29 is 4.79 Å². The summed E-state index contributed by atoms with van der Waals surface area (Å²) < 4.78 is 0. The molecule has 0 aliphatic carbocycles. The van der Waals surface area contributed by atoms with E-state index in [2.05, 4.69) is 9.97 Å². The number of hydrogen-bond acceptors (Lipinski definition) is 3. The Balaban J connectivity index is 2.14. The van der Waals surface area contributed by atoms with Crippen molar-refractivity contribution >= 4 is 16.8 Å². The normalized spacial score (nSPS) is 10.8. The summed E-state index contributed by atoms with van der Waals surface area (Å²) in [5.74, 6) is -0.279. The number of carbonyl (C=O) groups excluding carboxylic acids is 1. The maximum atomic E-state index is 12.4. The van der Waals surface area contributed by atoms with Crippen molar-refractivity contribution in [2.45, 2.75) is 13.8 Å². The summed E-state index contributed by atoms with van der Waals surface area (Å²) in [6.07, 6.45) is 1.44. The van der Waals surface area contributed by atoms with Gasteiger partial charge < -0.3 is 4.98 Å². The Labute approximate surface area is 121 Å². The molecule has 0 saturated heterocycles. The molecule has 4 nitrogen and oxygen atoms in total. The van der Waals surface area contributed by atoms with E-state index in [0.717, 1.165) is 11.3 Å². The third-order valence-electron chi connectivity index (χ3n) is 3.44. The lowest BCUT2D eigenvalue weighted by molar-refractivity contribution is 0.103. The second-order valence-electron chi connectivity index (χ2n) is 5.08. The van der Waals surface area contributed by atoms with Gasteiger partial charge in [-0.1, -0.05) is 29.8 Å². The van der Waals surface area contributed by atoms with Gasteiger partial charge in [0.1, 0.15) is 5.65 Å². The highest BCUT2D eigenvalue weighted by atomic mass is 16.1. The maximum Gasteiger partial charge on any atom is 0.202 e. The van der Waals surface area contributed by atoms with Crippen LogP contribution in [0.5, 0.6) is 0 Å². The van der Waals surface area contributed by atoms with E-state index in [-0.39, 0.29) is 16.8 Å². The number of fused-ring (bicyclic) bond motifs is 1. The van der Waals surface area contributed by atoms with Crippen LogP contribution in [0.2, 0.25) is 0 Å². The maximum absolute atomic E-state index is 12.4. The SMILES string of the molecule is Cc1ccc(C(=O)c2c[nH]c3nc(C)ccc3c2=O)cc1. The molecular weight excluding hydrogens is 264 g/mol. The van der Waals surface area contributed by atoms with Gasteiger partial charge in [-0.05, 0) is 26.0 Å². The second-order valence-corrected chi connectivity index (χ2v) is 5.08. The minimum atomic E-state index is -0.290. The zero-order chi connectivity index (χ0) is 15.0. The van der Waals surface area contributed by atoms with Crippen molar-refractivity contribution in [1.29, 1.82) is 0 Å². The molecular formula is C17H14N2O2. The first-order valence-corrected chi connectivity index (χ1v) is 6.66. The van der Waals surface area contributed by atoms with Crippen molar-refractivity contribution in [2.75, 3.05) is 0 Å². The van der Waals surface area contributed by atoms with Gasteiger partial charge in [0, 0.05) is 17.5 Å². The third kappa shape index (κ3) is 2.36. The lowest BCUT2D eigenvalue weighted by Gasteiger charge is -2.04. The average molecular weight is 278 g/mol. The number of hydrogen-bond donors (Lipinski definition) is 1. The summed E-state index contributed by atoms with van der Waals surface area (Å²) >= 11 is 0. The molecule has 0 radical (unpaired) electrons. The molecule has 3 aromatic rings. The molecule has 0 bridgehead atoms. The number of aromatic amines is 1. The standard InChI is InChI=1S/C17H14N2O2/c1-10-3-6-12(7-4-10)15(20)14-9-18-17-13(16(14)21)8-5-11(2)19-17/h3-9H,1-2H3,(H,18,19,21). The van der Waals surface area contributed by atoms with E-state index in [1.165, 1.54) is 6.20 Å². The van der Waals surface area contributed by atoms with E-state index in [1.54, 1.807) is 24.3 Å². The molecule has 21 heavy (non-hydrogen) atoms. The van der Waals surface area contributed by atoms with Crippen molar-refractivity contribution in [3.63, 3.8) is 0 Å². The van der Waals surface area contributed by atoms with Gasteiger partial charge in [-0.3, -0.25) is 9.59 Å². The van der Waals surface area contributed by atoms with E-state index >= 15 is 0 Å². The Morgan fingerprint density at radius 1 is 1.05 bits per heavy atom. The van der Waals surface area contributed by atoms with Gasteiger partial charge in [-0.2, -0.15) is 0 Å². The van der Waals surface area contributed by atoms with E-state index in [9.17, 15) is 9.59 Å². The monoisotopic (exact) mass is 278 g/mol. The smallest absolute Gasteiger partial charge is 0.202 e. The van der Waals surface area contributed by atoms with Crippen LogP contribution >= 0.6 is 0 Å². The Bertz CT molecular complexity index is 893. The first kappa shape index (κ1) is 13.2. The van der Waals surface area contributed by atoms with Crippen LogP contribution < -0.4 is 5.43 Å². The highest BCUT2D eigenvalue weighted by Crippen LogP contribution is 2.11. The minimum absolute atomic E-state index is 0.136. The fourth-order valence-corrected chi connectivity index (χ4v) is 2.23. The fraction of sp³-hybridized carbons (Fsp3) is 0.118. The molecule has 1 N–H and O–H groups in total. The number of aromatic nitrogens is 2. The van der Waals surface area contributed by atoms with Crippen LogP contribution in [0.25, 0.3) is 11.0 Å². The summed E-state index contributed by atoms with van der Waals surface area (Å²) in [6.45, 7) is 3.80. The number of nitrogens with one attached hydrogen (secondary N) is 1. The number of H-pyrrole nitrogens is 1. The molecule has 4 heteroatoms. The zero-order valence-corrected chi connectivity index (χ0v) is 11.8. The van der Waals surface area contributed by atoms with Gasteiger partial charge in [0.25, 0.3) is 0 Å². The predicted octanol–water partition coefficient (Wildman–Crippen LogP) is 2.77. The first-order valence-electron chi connectivity index (χ1n) is 6.66. The Hall–Kier alpha value is -2.75. The lowest BCUT2D eigenvalue weighted by atomic mass is 10.0. The largest absolute Gasteiger partial charge is 0.345 e. The summed E-state index contributed by atoms with van der Waals surface area (Å²) in [4.78, 5) is 32.1. The number of ketones is 1. The number of rotatable bonds is 2. The molecule has 0 atom stereocenters. The number of nitrogens with zero attached hydrogens (tertiary/aromatic N) is 1. The van der Waals surface area contributed by atoms with Crippen LogP contribution in [0, 0.1) is 13.8 Å². The molecule has 2 heterocycles. The van der Waals surface area contributed by atoms with Crippen molar-refractivity contribution in [1.82, 2.24) is 9.97 Å². The first-order chi connectivity index (χ1) is 10.1. The van der Waals surface area contributed by atoms with Crippen molar-refractivity contribution in [3.8, 4) is 0 Å². The van der Waals surface area contributed by atoms with E-state index in [0.29, 0.717) is 16.6 Å². The molecule has 3 rings (SSSR count). The van der Waals surface area contributed by atoms with Gasteiger partial charge in [0.05, 0.1) is 10.9 Å². The fourth-order valence-electron chi connectivity index (χ4n) is 2.23. The van der Waals surface area contributed by atoms with E-state index in [4.69, 9.17) is 0 Å². The number of carbonyl (C=O) groups is 1. The van der Waals surface area contributed by atoms with Crippen molar-refractivity contribution in [2.24, 2.45) is 0 Å². The zero-order valence-electron chi connectivity index (χ0n) is 11.8. The quantitative estimate of drug-likeness (QED) is 0.733. The van der Waals surface area contributed by atoms with E-state index in [1.807, 2.05) is 26.0 Å². The van der Waals surface area contributed by atoms with Gasteiger partial charge in [0.15, 0.2) is 5.78 Å². The van der Waals surface area contributed by atoms with Gasteiger partial charge in [-0.25, -0.2) is 4.98 Å². The Morgan fingerprint density at radius 2 is 1.76 bits per heavy atom. The van der Waals surface area contributed by atoms with Crippen LogP contribution in [-0.4, -0.2) is 15.8 Å². The molecule has 0 aliphatic rings. The van der Waals surface area contributed by atoms with Gasteiger partial charge in [-0.15, -0.1) is 0 Å². The molecule has 1 aromatic carbocycles. The number of aryl methyl sites for hydroxylation is 2. The Morgan fingerprint density at radius 3 is 2.48 bits per heavy atom. The topological polar surface area (TPSA) is 62.8 Å². The van der Waals surface area contributed by atoms with Crippen LogP contribution in [0.4, 0.5) is 0 Å². The van der Waals surface area contributed by atoms with Crippen LogP contribution in [0.3, 0.4) is 0 Å². The van der Waals surface area contributed by atoms with Crippen LogP contribution in [0.15, 0.2) is 47.4 Å². The lowest BCUT2D eigenvalue weighted by Crippen LogP contribution is -2.17. The summed E-state index contributed by atoms with van der Waals surface area (Å²) in [7, 11) is 0. The molecule has 2 aromatic heterocycles. The highest BCUT2D eigenvalue weighted by Gasteiger charge is 2.15. The third-order valence-corrected chi connectivity index (χ3v) is 3.44. The second kappa shape index (κ2) is 4.98. The summed E-state index contributed by atoms with van der Waals surface area (Å²) in [5.41, 5.74) is 2.74.